The van der Waals surface area contributed by atoms with Gasteiger partial charge in [-0.2, -0.15) is 0 Å². The van der Waals surface area contributed by atoms with Crippen molar-refractivity contribution in [2.24, 2.45) is 5.92 Å². The first-order valence-electron chi connectivity index (χ1n) is 6.39. The molecule has 2 heterocycles. The van der Waals surface area contributed by atoms with E-state index in [1.807, 2.05) is 18.4 Å². The SMILES string of the molecule is CC[C@H](C)[C@H](NC(=O)c1cnc2ccsc2c1)C(=O)O. The number of pyridine rings is 1. The number of thiophene rings is 1. The van der Waals surface area contributed by atoms with Gasteiger partial charge in [0, 0.05) is 6.20 Å². The monoisotopic (exact) mass is 292 g/mol. The number of amides is 1. The summed E-state index contributed by atoms with van der Waals surface area (Å²) in [6.07, 6.45) is 2.15. The van der Waals surface area contributed by atoms with Crippen LogP contribution in [0.25, 0.3) is 10.2 Å². The molecule has 0 unspecified atom stereocenters. The van der Waals surface area contributed by atoms with Crippen LogP contribution in [0.5, 0.6) is 0 Å². The molecule has 0 aliphatic carbocycles. The largest absolute Gasteiger partial charge is 0.480 e. The first kappa shape index (κ1) is 14.5. The van der Waals surface area contributed by atoms with Gasteiger partial charge in [-0.3, -0.25) is 9.78 Å². The molecule has 2 rings (SSSR count). The van der Waals surface area contributed by atoms with Crippen molar-refractivity contribution in [3.8, 4) is 0 Å². The van der Waals surface area contributed by atoms with Gasteiger partial charge in [-0.05, 0) is 23.4 Å². The number of carbonyl (C=O) groups is 2. The van der Waals surface area contributed by atoms with E-state index in [9.17, 15) is 14.7 Å². The lowest BCUT2D eigenvalue weighted by Crippen LogP contribution is -2.45. The third-order valence-electron chi connectivity index (χ3n) is 3.33. The third kappa shape index (κ3) is 2.96. The molecular weight excluding hydrogens is 276 g/mol. The van der Waals surface area contributed by atoms with E-state index in [-0.39, 0.29) is 5.92 Å². The zero-order valence-corrected chi connectivity index (χ0v) is 12.1. The van der Waals surface area contributed by atoms with Crippen LogP contribution in [0, 0.1) is 5.92 Å². The summed E-state index contributed by atoms with van der Waals surface area (Å²) in [7, 11) is 0. The van der Waals surface area contributed by atoms with Gasteiger partial charge in [0.15, 0.2) is 0 Å². The number of rotatable bonds is 5. The summed E-state index contributed by atoms with van der Waals surface area (Å²) in [6.45, 7) is 3.70. The van der Waals surface area contributed by atoms with Crippen molar-refractivity contribution in [2.45, 2.75) is 26.3 Å². The lowest BCUT2D eigenvalue weighted by molar-refractivity contribution is -0.140. The number of nitrogens with one attached hydrogen (secondary N) is 1. The Labute approximate surface area is 120 Å². The summed E-state index contributed by atoms with van der Waals surface area (Å²) >= 11 is 1.50. The van der Waals surface area contributed by atoms with Crippen LogP contribution in [0.3, 0.4) is 0 Å². The van der Waals surface area contributed by atoms with E-state index >= 15 is 0 Å². The molecule has 5 nitrogen and oxygen atoms in total. The van der Waals surface area contributed by atoms with Crippen LogP contribution < -0.4 is 5.32 Å². The number of hydrogen-bond acceptors (Lipinski definition) is 4. The Kier molecular flexibility index (Phi) is 4.34. The number of carboxylic acids is 1. The third-order valence-corrected chi connectivity index (χ3v) is 4.18. The first-order chi connectivity index (χ1) is 9.52. The summed E-state index contributed by atoms with van der Waals surface area (Å²) in [5.41, 5.74) is 1.22. The lowest BCUT2D eigenvalue weighted by Gasteiger charge is -2.20. The van der Waals surface area contributed by atoms with Gasteiger partial charge in [0.1, 0.15) is 6.04 Å². The minimum atomic E-state index is -1.02. The van der Waals surface area contributed by atoms with Gasteiger partial charge in [0.2, 0.25) is 0 Å². The fourth-order valence-corrected chi connectivity index (χ4v) is 2.66. The second-order valence-electron chi connectivity index (χ2n) is 4.70. The van der Waals surface area contributed by atoms with E-state index in [1.54, 1.807) is 13.0 Å². The molecular formula is C14H16N2O3S. The van der Waals surface area contributed by atoms with E-state index < -0.39 is 17.9 Å². The Balaban J connectivity index is 2.19. The number of carboxylic acid groups (broad SMARTS) is 1. The number of fused-ring (bicyclic) bond motifs is 1. The molecule has 2 aromatic heterocycles. The van der Waals surface area contributed by atoms with Gasteiger partial charge >= 0.3 is 5.97 Å². The predicted molar refractivity (Wildman–Crippen MR) is 78.0 cm³/mol. The lowest BCUT2D eigenvalue weighted by atomic mass is 9.99. The molecule has 0 bridgehead atoms. The van der Waals surface area contributed by atoms with Crippen LogP contribution in [0.2, 0.25) is 0 Å². The van der Waals surface area contributed by atoms with E-state index in [2.05, 4.69) is 10.3 Å². The van der Waals surface area contributed by atoms with Crippen LogP contribution in [0.1, 0.15) is 30.6 Å². The molecule has 0 spiro atoms. The highest BCUT2D eigenvalue weighted by Crippen LogP contribution is 2.19. The molecule has 2 N–H and O–H groups in total. The smallest absolute Gasteiger partial charge is 0.326 e. The maximum atomic E-state index is 12.1. The Bertz CT molecular complexity index is 638. The van der Waals surface area contributed by atoms with Crippen molar-refractivity contribution in [2.75, 3.05) is 0 Å². The Morgan fingerprint density at radius 2 is 2.25 bits per heavy atom. The average Bonchev–Trinajstić information content (AvgIpc) is 2.90. The Morgan fingerprint density at radius 1 is 1.50 bits per heavy atom. The van der Waals surface area contributed by atoms with Crippen molar-refractivity contribution >= 4 is 33.4 Å². The summed E-state index contributed by atoms with van der Waals surface area (Å²) in [5, 5.41) is 13.6. The van der Waals surface area contributed by atoms with Gasteiger partial charge in [-0.1, -0.05) is 20.3 Å². The van der Waals surface area contributed by atoms with Crippen LogP contribution in [-0.4, -0.2) is 28.0 Å². The number of nitrogens with zero attached hydrogens (tertiary/aromatic N) is 1. The van der Waals surface area contributed by atoms with Gasteiger partial charge in [0.05, 0.1) is 15.8 Å². The van der Waals surface area contributed by atoms with E-state index in [1.165, 1.54) is 17.5 Å². The zero-order valence-electron chi connectivity index (χ0n) is 11.3. The molecule has 6 heteroatoms. The molecule has 1 amide bonds. The van der Waals surface area contributed by atoms with Gasteiger partial charge in [-0.15, -0.1) is 11.3 Å². The van der Waals surface area contributed by atoms with Crippen molar-refractivity contribution in [3.63, 3.8) is 0 Å². The zero-order chi connectivity index (χ0) is 14.7. The van der Waals surface area contributed by atoms with Crippen molar-refractivity contribution < 1.29 is 14.7 Å². The molecule has 106 valence electrons. The topological polar surface area (TPSA) is 79.3 Å². The summed E-state index contributed by atoms with van der Waals surface area (Å²) in [4.78, 5) is 27.5. The second kappa shape index (κ2) is 6.00. The van der Waals surface area contributed by atoms with E-state index in [0.717, 1.165) is 10.2 Å². The molecule has 0 aromatic carbocycles. The summed E-state index contributed by atoms with van der Waals surface area (Å²) in [5.74, 6) is -1.55. The van der Waals surface area contributed by atoms with Crippen LogP contribution in [-0.2, 0) is 4.79 Å². The van der Waals surface area contributed by atoms with Gasteiger partial charge < -0.3 is 10.4 Å². The number of hydrogen-bond donors (Lipinski definition) is 2. The fourth-order valence-electron chi connectivity index (χ4n) is 1.88. The average molecular weight is 292 g/mol. The highest BCUT2D eigenvalue weighted by Gasteiger charge is 2.25. The molecule has 0 radical (unpaired) electrons. The highest BCUT2D eigenvalue weighted by atomic mass is 32.1. The fraction of sp³-hybridized carbons (Fsp3) is 0.357. The van der Waals surface area contributed by atoms with Crippen molar-refractivity contribution in [1.82, 2.24) is 10.3 Å². The van der Waals surface area contributed by atoms with Gasteiger partial charge in [-0.25, -0.2) is 4.79 Å². The van der Waals surface area contributed by atoms with Crippen LogP contribution in [0.4, 0.5) is 0 Å². The Morgan fingerprint density at radius 3 is 2.90 bits per heavy atom. The summed E-state index contributed by atoms with van der Waals surface area (Å²) in [6, 6.07) is 2.73. The quantitative estimate of drug-likeness (QED) is 0.887. The normalized spacial score (nSPS) is 13.9. The minimum absolute atomic E-state index is 0.130. The molecule has 0 saturated heterocycles. The number of aliphatic carboxylic acids is 1. The molecule has 0 saturated carbocycles. The first-order valence-corrected chi connectivity index (χ1v) is 7.27. The maximum Gasteiger partial charge on any atom is 0.326 e. The van der Waals surface area contributed by atoms with E-state index in [4.69, 9.17) is 0 Å². The van der Waals surface area contributed by atoms with Gasteiger partial charge in [0.25, 0.3) is 5.91 Å². The molecule has 20 heavy (non-hydrogen) atoms. The standard InChI is InChI=1S/C14H16N2O3S/c1-3-8(2)12(14(18)19)16-13(17)9-6-11-10(15-7-9)4-5-20-11/h4-8,12H,3H2,1-2H3,(H,16,17)(H,18,19)/t8-,12-/m0/s1. The summed E-state index contributed by atoms with van der Waals surface area (Å²) < 4.78 is 0.910. The minimum Gasteiger partial charge on any atom is -0.480 e. The number of carbonyl (C=O) groups excluding carboxylic acids is 1. The van der Waals surface area contributed by atoms with Crippen LogP contribution >= 0.6 is 11.3 Å². The molecule has 0 aliphatic heterocycles. The predicted octanol–water partition coefficient (Wildman–Crippen LogP) is 2.53. The van der Waals surface area contributed by atoms with Crippen molar-refractivity contribution in [3.05, 3.63) is 29.3 Å². The highest BCUT2D eigenvalue weighted by molar-refractivity contribution is 7.17. The molecule has 0 fully saturated rings. The number of aromatic nitrogens is 1. The molecule has 2 aromatic rings. The Hall–Kier alpha value is -1.95. The second-order valence-corrected chi connectivity index (χ2v) is 5.65. The maximum absolute atomic E-state index is 12.1. The van der Waals surface area contributed by atoms with Crippen LogP contribution in [0.15, 0.2) is 23.7 Å². The molecule has 0 aliphatic rings. The van der Waals surface area contributed by atoms with Crippen molar-refractivity contribution in [1.29, 1.82) is 0 Å². The van der Waals surface area contributed by atoms with E-state index in [0.29, 0.717) is 12.0 Å². The molecule has 2 atom stereocenters.